The van der Waals surface area contributed by atoms with E-state index in [9.17, 15) is 0 Å². The average Bonchev–Trinajstić information content (AvgIpc) is 2.71. The summed E-state index contributed by atoms with van der Waals surface area (Å²) >= 11 is 3.55. The Hall–Kier alpha value is -1.16. The first-order chi connectivity index (χ1) is 6.36. The molecule has 2 aliphatic rings. The third-order valence-corrected chi connectivity index (χ3v) is 3.07. The van der Waals surface area contributed by atoms with Crippen molar-refractivity contribution < 1.29 is 0 Å². The zero-order valence-corrected chi connectivity index (χ0v) is 8.25. The first kappa shape index (κ1) is 7.26. The SMILES string of the molecule is BrC1=c2[nH]ccc2=NC2N=CC=C12. The van der Waals surface area contributed by atoms with Crippen molar-refractivity contribution in [2.45, 2.75) is 6.17 Å². The molecule has 1 atom stereocenters. The summed E-state index contributed by atoms with van der Waals surface area (Å²) in [5, 5.41) is 2.03. The monoisotopic (exact) mass is 235 g/mol. The number of nitrogens with one attached hydrogen (secondary N) is 1. The molecule has 1 aromatic heterocycles. The van der Waals surface area contributed by atoms with E-state index in [-0.39, 0.29) is 6.17 Å². The van der Waals surface area contributed by atoms with Gasteiger partial charge in [0.15, 0.2) is 6.17 Å². The van der Waals surface area contributed by atoms with Crippen molar-refractivity contribution >= 4 is 26.6 Å². The van der Waals surface area contributed by atoms with Crippen LogP contribution in [0.2, 0.25) is 0 Å². The van der Waals surface area contributed by atoms with E-state index in [1.807, 2.05) is 18.3 Å². The van der Waals surface area contributed by atoms with Gasteiger partial charge in [0.05, 0.1) is 15.2 Å². The van der Waals surface area contributed by atoms with Crippen LogP contribution in [0, 0.1) is 0 Å². The molecule has 3 nitrogen and oxygen atoms in total. The van der Waals surface area contributed by atoms with Gasteiger partial charge in [-0.25, -0.2) is 0 Å². The molecule has 0 aromatic carbocycles. The van der Waals surface area contributed by atoms with Gasteiger partial charge in [-0.1, -0.05) is 0 Å². The fourth-order valence-electron chi connectivity index (χ4n) is 1.58. The maximum absolute atomic E-state index is 4.47. The summed E-state index contributed by atoms with van der Waals surface area (Å²) in [6, 6.07) is 1.96. The molecule has 4 heteroatoms. The van der Waals surface area contributed by atoms with Gasteiger partial charge < -0.3 is 4.98 Å². The third kappa shape index (κ3) is 0.891. The van der Waals surface area contributed by atoms with Crippen molar-refractivity contribution in [3.8, 4) is 0 Å². The number of hydrogen-bond donors (Lipinski definition) is 1. The Morgan fingerprint density at radius 1 is 1.46 bits per heavy atom. The highest BCUT2D eigenvalue weighted by atomic mass is 79.9. The maximum atomic E-state index is 4.47. The lowest BCUT2D eigenvalue weighted by Crippen LogP contribution is -2.31. The van der Waals surface area contributed by atoms with E-state index in [1.165, 1.54) is 0 Å². The minimum Gasteiger partial charge on any atom is -0.359 e. The second kappa shape index (κ2) is 2.42. The van der Waals surface area contributed by atoms with Crippen LogP contribution in [-0.4, -0.2) is 17.4 Å². The minimum atomic E-state index is -0.0299. The number of aromatic amines is 1. The lowest BCUT2D eigenvalue weighted by molar-refractivity contribution is 0.823. The number of rotatable bonds is 0. The third-order valence-electron chi connectivity index (χ3n) is 2.22. The smallest absolute Gasteiger partial charge is 0.167 e. The van der Waals surface area contributed by atoms with Crippen molar-refractivity contribution in [3.05, 3.63) is 34.6 Å². The van der Waals surface area contributed by atoms with Gasteiger partial charge in [-0.05, 0) is 28.1 Å². The summed E-state index contributed by atoms with van der Waals surface area (Å²) in [6.07, 6.45) is 5.65. The molecular weight excluding hydrogens is 230 g/mol. The number of nitrogens with zero attached hydrogens (tertiary/aromatic N) is 2. The maximum Gasteiger partial charge on any atom is 0.167 e. The van der Waals surface area contributed by atoms with Gasteiger partial charge in [0.25, 0.3) is 0 Å². The predicted octanol–water partition coefficient (Wildman–Crippen LogP) is 0.488. The molecule has 0 amide bonds. The van der Waals surface area contributed by atoms with Gasteiger partial charge in [-0.2, -0.15) is 0 Å². The normalized spacial score (nSPS) is 23.6. The Morgan fingerprint density at radius 3 is 3.31 bits per heavy atom. The molecule has 13 heavy (non-hydrogen) atoms. The standard InChI is InChI=1S/C9H6BrN3/c10-7-5-1-3-12-9(5)13-6-2-4-11-8(6)7/h1-4,9,11H. The molecule has 64 valence electrons. The fourth-order valence-corrected chi connectivity index (χ4v) is 2.24. The summed E-state index contributed by atoms with van der Waals surface area (Å²) in [5.74, 6) is 0. The highest BCUT2D eigenvalue weighted by Gasteiger charge is 2.21. The molecule has 0 saturated heterocycles. The lowest BCUT2D eigenvalue weighted by Gasteiger charge is -2.10. The molecule has 3 rings (SSSR count). The van der Waals surface area contributed by atoms with E-state index in [1.54, 1.807) is 6.21 Å². The van der Waals surface area contributed by atoms with Crippen molar-refractivity contribution in [2.75, 3.05) is 0 Å². The van der Waals surface area contributed by atoms with Gasteiger partial charge in [0.1, 0.15) is 0 Å². The van der Waals surface area contributed by atoms with Crippen LogP contribution < -0.4 is 10.7 Å². The molecule has 1 aromatic rings. The molecule has 1 N–H and O–H groups in total. The molecule has 0 bridgehead atoms. The molecule has 0 fully saturated rings. The van der Waals surface area contributed by atoms with Gasteiger partial charge in [0, 0.05) is 18.0 Å². The summed E-state index contributed by atoms with van der Waals surface area (Å²) < 4.78 is 1.07. The second-order valence-electron chi connectivity index (χ2n) is 2.97. The summed E-state index contributed by atoms with van der Waals surface area (Å²) in [4.78, 5) is 11.9. The van der Waals surface area contributed by atoms with E-state index in [2.05, 4.69) is 30.9 Å². The van der Waals surface area contributed by atoms with Crippen LogP contribution in [0.25, 0.3) is 4.48 Å². The Balaban J connectivity index is 2.45. The average molecular weight is 236 g/mol. The Morgan fingerprint density at radius 2 is 2.38 bits per heavy atom. The van der Waals surface area contributed by atoms with E-state index in [0.29, 0.717) is 0 Å². The van der Waals surface area contributed by atoms with E-state index in [4.69, 9.17) is 0 Å². The quantitative estimate of drug-likeness (QED) is 0.681. The van der Waals surface area contributed by atoms with Gasteiger partial charge in [0.2, 0.25) is 0 Å². The molecule has 1 unspecified atom stereocenters. The first-order valence-electron chi connectivity index (χ1n) is 4.01. The van der Waals surface area contributed by atoms with Crippen molar-refractivity contribution in [2.24, 2.45) is 9.98 Å². The number of aromatic nitrogens is 1. The molecule has 0 saturated carbocycles. The van der Waals surface area contributed by atoms with Crippen molar-refractivity contribution in [3.63, 3.8) is 0 Å². The number of H-pyrrole nitrogens is 1. The highest BCUT2D eigenvalue weighted by Crippen LogP contribution is 2.26. The molecule has 0 radical (unpaired) electrons. The predicted molar refractivity (Wildman–Crippen MR) is 54.3 cm³/mol. The van der Waals surface area contributed by atoms with E-state index < -0.39 is 0 Å². The largest absolute Gasteiger partial charge is 0.359 e. The molecule has 0 aliphatic carbocycles. The number of halogens is 1. The zero-order chi connectivity index (χ0) is 8.84. The van der Waals surface area contributed by atoms with E-state index >= 15 is 0 Å². The van der Waals surface area contributed by atoms with Crippen LogP contribution in [0.4, 0.5) is 0 Å². The number of fused-ring (bicyclic) bond motifs is 2. The Bertz CT molecular complexity index is 535. The minimum absolute atomic E-state index is 0.0299. The summed E-state index contributed by atoms with van der Waals surface area (Å²) in [7, 11) is 0. The summed E-state index contributed by atoms with van der Waals surface area (Å²) in [6.45, 7) is 0. The fraction of sp³-hybridized carbons (Fsp3) is 0.111. The molecule has 0 spiro atoms. The van der Waals surface area contributed by atoms with Crippen LogP contribution in [0.3, 0.4) is 0 Å². The number of hydrogen-bond acceptors (Lipinski definition) is 2. The molecule has 2 aliphatic heterocycles. The van der Waals surface area contributed by atoms with Crippen LogP contribution in [0.5, 0.6) is 0 Å². The van der Waals surface area contributed by atoms with E-state index in [0.717, 1.165) is 20.8 Å². The summed E-state index contributed by atoms with van der Waals surface area (Å²) in [5.41, 5.74) is 1.13. The van der Waals surface area contributed by atoms with Crippen LogP contribution in [0.1, 0.15) is 0 Å². The number of allylic oxidation sites excluding steroid dienone is 1. The second-order valence-corrected chi connectivity index (χ2v) is 3.77. The van der Waals surface area contributed by atoms with Gasteiger partial charge in [-0.3, -0.25) is 9.98 Å². The van der Waals surface area contributed by atoms with Gasteiger partial charge >= 0.3 is 0 Å². The van der Waals surface area contributed by atoms with Crippen LogP contribution >= 0.6 is 15.9 Å². The molecular formula is C9H6BrN3. The topological polar surface area (TPSA) is 40.5 Å². The van der Waals surface area contributed by atoms with Crippen LogP contribution in [0.15, 0.2) is 33.9 Å². The van der Waals surface area contributed by atoms with Gasteiger partial charge in [-0.15, -0.1) is 0 Å². The Kier molecular flexibility index (Phi) is 1.35. The lowest BCUT2D eigenvalue weighted by atomic mass is 10.2. The first-order valence-corrected chi connectivity index (χ1v) is 4.80. The number of aliphatic imine (C=N–C) groups is 1. The van der Waals surface area contributed by atoms with Crippen molar-refractivity contribution in [1.82, 2.24) is 4.98 Å². The van der Waals surface area contributed by atoms with Crippen molar-refractivity contribution in [1.29, 1.82) is 0 Å². The highest BCUT2D eigenvalue weighted by molar-refractivity contribution is 9.15. The van der Waals surface area contributed by atoms with Crippen LogP contribution in [-0.2, 0) is 0 Å². The Labute approximate surface area is 82.7 Å². The molecule has 3 heterocycles. The zero-order valence-electron chi connectivity index (χ0n) is 6.66.